The quantitative estimate of drug-likeness (QED) is 0.164. The first-order valence-corrected chi connectivity index (χ1v) is 18.4. The van der Waals surface area contributed by atoms with Gasteiger partial charge < -0.3 is 4.74 Å². The van der Waals surface area contributed by atoms with Crippen LogP contribution < -0.4 is 4.74 Å². The summed E-state index contributed by atoms with van der Waals surface area (Å²) in [5, 5.41) is 0. The van der Waals surface area contributed by atoms with E-state index >= 15 is 0 Å². The molecule has 8 aromatic rings. The van der Waals surface area contributed by atoms with Crippen molar-refractivity contribution in [3.05, 3.63) is 174 Å². The van der Waals surface area contributed by atoms with E-state index in [9.17, 15) is 0 Å². The predicted octanol–water partition coefficient (Wildman–Crippen LogP) is 9.83. The third kappa shape index (κ3) is 5.90. The molecule has 0 saturated carbocycles. The summed E-state index contributed by atoms with van der Waals surface area (Å²) in [5.74, 6) is 0.827. The molecule has 2 aromatic carbocycles. The maximum atomic E-state index is 6.34. The average molecular weight is 699 g/mol. The molecule has 2 aliphatic rings. The minimum absolute atomic E-state index is 0.458. The lowest BCUT2D eigenvalue weighted by molar-refractivity contribution is 0.306. The summed E-state index contributed by atoms with van der Waals surface area (Å²) in [5.41, 5.74) is 17.9. The van der Waals surface area contributed by atoms with Crippen LogP contribution in [-0.2, 0) is 32.3 Å². The molecule has 0 atom stereocenters. The molecule has 0 spiro atoms. The summed E-state index contributed by atoms with van der Waals surface area (Å²) < 4.78 is 6.34. The van der Waals surface area contributed by atoms with Gasteiger partial charge in [-0.25, -0.2) is 9.97 Å². The van der Waals surface area contributed by atoms with Gasteiger partial charge in [0, 0.05) is 24.8 Å². The van der Waals surface area contributed by atoms with Crippen LogP contribution in [0.15, 0.2) is 146 Å². The largest absolute Gasteiger partial charge is 0.489 e. The normalized spacial score (nSPS) is 12.6. The average Bonchev–Trinajstić information content (AvgIpc) is 3.25. The van der Waals surface area contributed by atoms with Gasteiger partial charge in [0.15, 0.2) is 0 Å². The zero-order valence-electron chi connectivity index (χ0n) is 29.5. The highest BCUT2D eigenvalue weighted by atomic mass is 16.5. The van der Waals surface area contributed by atoms with Gasteiger partial charge in [-0.15, -0.1) is 0 Å². The van der Waals surface area contributed by atoms with E-state index < -0.39 is 0 Å². The molecule has 0 aliphatic heterocycles. The minimum Gasteiger partial charge on any atom is -0.489 e. The molecule has 10 rings (SSSR count). The molecule has 54 heavy (non-hydrogen) atoms. The van der Waals surface area contributed by atoms with E-state index in [1.54, 1.807) is 12.4 Å². The topological polar surface area (TPSA) is 86.6 Å². The first-order chi connectivity index (χ1) is 26.7. The number of fused-ring (bicyclic) bond motifs is 6. The number of ether oxygens (including phenoxy) is 1. The Morgan fingerprint density at radius 3 is 1.54 bits per heavy atom. The molecule has 0 radical (unpaired) electrons. The lowest BCUT2D eigenvalue weighted by Gasteiger charge is -2.28. The Hall–Kier alpha value is -6.86. The van der Waals surface area contributed by atoms with Crippen LogP contribution in [0, 0.1) is 0 Å². The van der Waals surface area contributed by atoms with Gasteiger partial charge >= 0.3 is 0 Å². The Labute approximate surface area is 313 Å². The van der Waals surface area contributed by atoms with Gasteiger partial charge in [0.25, 0.3) is 0 Å². The first-order valence-electron chi connectivity index (χ1n) is 18.4. The van der Waals surface area contributed by atoms with E-state index in [0.29, 0.717) is 6.61 Å². The van der Waals surface area contributed by atoms with Crippen LogP contribution >= 0.6 is 0 Å². The van der Waals surface area contributed by atoms with Gasteiger partial charge in [0.2, 0.25) is 0 Å². The van der Waals surface area contributed by atoms with Crippen molar-refractivity contribution in [3.8, 4) is 73.6 Å². The molecule has 2 aliphatic carbocycles. The van der Waals surface area contributed by atoms with Crippen LogP contribution in [0.2, 0.25) is 0 Å². The molecule has 0 N–H and O–H groups in total. The van der Waals surface area contributed by atoms with Crippen LogP contribution in [0.1, 0.15) is 27.8 Å². The van der Waals surface area contributed by atoms with Crippen molar-refractivity contribution in [3.63, 3.8) is 0 Å². The first kappa shape index (κ1) is 31.8. The van der Waals surface area contributed by atoms with Crippen molar-refractivity contribution in [1.29, 1.82) is 0 Å². The van der Waals surface area contributed by atoms with Crippen molar-refractivity contribution in [2.75, 3.05) is 0 Å². The Bertz CT molecular complexity index is 2510. The lowest BCUT2D eigenvalue weighted by Crippen LogP contribution is -2.16. The summed E-state index contributed by atoms with van der Waals surface area (Å²) >= 11 is 0. The highest BCUT2D eigenvalue weighted by Crippen LogP contribution is 2.45. The number of hydrogen-bond acceptors (Lipinski definition) is 7. The molecule has 0 saturated heterocycles. The number of hydrogen-bond donors (Lipinski definition) is 0. The summed E-state index contributed by atoms with van der Waals surface area (Å²) in [4.78, 5) is 29.0. The maximum absolute atomic E-state index is 6.34. The van der Waals surface area contributed by atoms with Crippen LogP contribution in [0.25, 0.3) is 67.8 Å². The van der Waals surface area contributed by atoms with Crippen molar-refractivity contribution in [2.45, 2.75) is 32.3 Å². The zero-order valence-corrected chi connectivity index (χ0v) is 29.5. The van der Waals surface area contributed by atoms with Gasteiger partial charge in [-0.2, -0.15) is 0 Å². The van der Waals surface area contributed by atoms with Gasteiger partial charge in [-0.3, -0.25) is 19.9 Å². The predicted molar refractivity (Wildman–Crippen MR) is 211 cm³/mol. The van der Waals surface area contributed by atoms with E-state index in [2.05, 4.69) is 82.8 Å². The van der Waals surface area contributed by atoms with Gasteiger partial charge in [0.1, 0.15) is 12.4 Å². The number of aryl methyl sites for hydroxylation is 2. The summed E-state index contributed by atoms with van der Waals surface area (Å²) in [6.45, 7) is 0.458. The monoisotopic (exact) mass is 698 g/mol. The van der Waals surface area contributed by atoms with E-state index in [-0.39, 0.29) is 0 Å². The maximum Gasteiger partial charge on any atom is 0.119 e. The Morgan fingerprint density at radius 1 is 0.426 bits per heavy atom. The summed E-state index contributed by atoms with van der Waals surface area (Å²) in [6, 6.07) is 41.4. The van der Waals surface area contributed by atoms with Crippen LogP contribution in [0.3, 0.4) is 0 Å². The second kappa shape index (κ2) is 13.6. The van der Waals surface area contributed by atoms with E-state index in [1.807, 2.05) is 60.9 Å². The highest BCUT2D eigenvalue weighted by Gasteiger charge is 2.30. The number of nitrogens with zero attached hydrogens (tertiary/aromatic N) is 6. The SMILES string of the molecule is c1ccc(-c2cc(-c3ccc(COc4ccc(-c5c6c(nc7c5CCc5cccnc5-7)-c5ncccc5CC6)cc4)cc3)cc(-c3ccccn3)n2)nc1. The van der Waals surface area contributed by atoms with Crippen molar-refractivity contribution < 1.29 is 4.74 Å². The second-order valence-corrected chi connectivity index (χ2v) is 13.7. The third-order valence-corrected chi connectivity index (χ3v) is 10.4. The van der Waals surface area contributed by atoms with Gasteiger partial charge in [-0.1, -0.05) is 60.7 Å². The number of benzene rings is 2. The Morgan fingerprint density at radius 2 is 0.981 bits per heavy atom. The minimum atomic E-state index is 0.458. The lowest BCUT2D eigenvalue weighted by atomic mass is 9.80. The molecule has 258 valence electrons. The fourth-order valence-corrected chi connectivity index (χ4v) is 7.79. The van der Waals surface area contributed by atoms with Crippen molar-refractivity contribution in [1.82, 2.24) is 29.9 Å². The standard InChI is InChI=1S/C47H34N6O/c1-3-23-48-39(9-1)41-27-35(28-42(52-41)40-10-2-4-24-49-40)31-13-11-30(12-14-31)29-54-36-19-15-32(16-20-36)43-37-21-17-33-7-5-25-50-44(33)46(37)53-47-38(43)22-18-34-8-6-26-51-45(34)47/h1-16,19-20,23-28H,17-18,21-22,29H2. The van der Waals surface area contributed by atoms with Crippen LogP contribution in [-0.4, -0.2) is 29.9 Å². The molecule has 0 bridgehead atoms. The highest BCUT2D eigenvalue weighted by molar-refractivity contribution is 5.86. The van der Waals surface area contributed by atoms with Gasteiger partial charge in [0.05, 0.1) is 45.6 Å². The van der Waals surface area contributed by atoms with Crippen molar-refractivity contribution in [2.24, 2.45) is 0 Å². The van der Waals surface area contributed by atoms with E-state index in [1.165, 1.54) is 33.4 Å². The second-order valence-electron chi connectivity index (χ2n) is 13.7. The molecule has 7 nitrogen and oxygen atoms in total. The zero-order chi connectivity index (χ0) is 35.8. The molecular formula is C47H34N6O. The number of pyridine rings is 6. The van der Waals surface area contributed by atoms with E-state index in [4.69, 9.17) is 24.7 Å². The molecule has 6 aromatic heterocycles. The smallest absolute Gasteiger partial charge is 0.119 e. The fourth-order valence-electron chi connectivity index (χ4n) is 7.79. The van der Waals surface area contributed by atoms with Gasteiger partial charge in [-0.05, 0) is 136 Å². The summed E-state index contributed by atoms with van der Waals surface area (Å²) in [6.07, 6.45) is 11.1. The molecule has 6 heterocycles. The molecular weight excluding hydrogens is 665 g/mol. The fraction of sp³-hybridized carbons (Fsp3) is 0.106. The number of rotatable bonds is 7. The van der Waals surface area contributed by atoms with E-state index in [0.717, 1.165) is 93.7 Å². The molecule has 7 heteroatoms. The summed E-state index contributed by atoms with van der Waals surface area (Å²) in [7, 11) is 0. The van der Waals surface area contributed by atoms with Crippen LogP contribution in [0.5, 0.6) is 5.75 Å². The molecule has 0 unspecified atom stereocenters. The molecule has 0 amide bonds. The number of aromatic nitrogens is 6. The Kier molecular flexibility index (Phi) is 8.02. The third-order valence-electron chi connectivity index (χ3n) is 10.4. The van der Waals surface area contributed by atoms with Crippen LogP contribution in [0.4, 0.5) is 0 Å². The van der Waals surface area contributed by atoms with Crippen molar-refractivity contribution >= 4 is 0 Å². The molecule has 0 fully saturated rings. The Balaban J connectivity index is 0.924.